The van der Waals surface area contributed by atoms with Gasteiger partial charge >= 0.3 is 0 Å². The number of benzene rings is 1. The zero-order valence-corrected chi connectivity index (χ0v) is 12.5. The molecule has 108 valence electrons. The Bertz CT molecular complexity index is 506. The molecule has 0 aliphatic carbocycles. The van der Waals surface area contributed by atoms with Gasteiger partial charge in [0.05, 0.1) is 18.5 Å². The van der Waals surface area contributed by atoms with Crippen molar-refractivity contribution in [2.75, 3.05) is 18.1 Å². The molecule has 0 radical (unpaired) electrons. The molecule has 0 spiro atoms. The number of hydrogen-bond donors (Lipinski definition) is 1. The standard InChI is InChI=1S/C14H22O4S/c1-4-19(16,17)9-5-8-18-14-7-6-13(12(3)15)10-11(14)2/h6-7,10,12,15H,4-5,8-9H2,1-3H3/t12-/m1/s1. The normalized spacial score (nSPS) is 13.3. The Balaban J connectivity index is 2.50. The van der Waals surface area contributed by atoms with Crippen LogP contribution in [0.25, 0.3) is 0 Å². The molecule has 1 atom stereocenters. The molecule has 0 amide bonds. The van der Waals surface area contributed by atoms with E-state index in [9.17, 15) is 13.5 Å². The summed E-state index contributed by atoms with van der Waals surface area (Å²) in [5.74, 6) is 1.07. The summed E-state index contributed by atoms with van der Waals surface area (Å²) in [5, 5.41) is 9.46. The van der Waals surface area contributed by atoms with Gasteiger partial charge in [-0.1, -0.05) is 13.0 Å². The maximum Gasteiger partial charge on any atom is 0.150 e. The molecule has 1 rings (SSSR count). The number of ether oxygens (including phenoxy) is 1. The highest BCUT2D eigenvalue weighted by atomic mass is 32.2. The van der Waals surface area contributed by atoms with Crippen molar-refractivity contribution in [2.24, 2.45) is 0 Å². The average molecular weight is 286 g/mol. The number of aliphatic hydroxyl groups excluding tert-OH is 1. The van der Waals surface area contributed by atoms with Gasteiger partial charge in [-0.05, 0) is 43.5 Å². The largest absolute Gasteiger partial charge is 0.493 e. The minimum Gasteiger partial charge on any atom is -0.493 e. The summed E-state index contributed by atoms with van der Waals surface area (Å²) >= 11 is 0. The van der Waals surface area contributed by atoms with Gasteiger partial charge in [-0.3, -0.25) is 0 Å². The van der Waals surface area contributed by atoms with Crippen molar-refractivity contribution in [3.05, 3.63) is 29.3 Å². The number of rotatable bonds is 7. The lowest BCUT2D eigenvalue weighted by atomic mass is 10.1. The zero-order valence-electron chi connectivity index (χ0n) is 11.7. The van der Waals surface area contributed by atoms with Gasteiger partial charge in [0, 0.05) is 5.75 Å². The highest BCUT2D eigenvalue weighted by Gasteiger charge is 2.08. The number of hydrogen-bond acceptors (Lipinski definition) is 4. The Kier molecular flexibility index (Phi) is 5.82. The summed E-state index contributed by atoms with van der Waals surface area (Å²) in [6.07, 6.45) is -0.00392. The van der Waals surface area contributed by atoms with E-state index < -0.39 is 15.9 Å². The molecule has 0 saturated carbocycles. The lowest BCUT2D eigenvalue weighted by molar-refractivity contribution is 0.199. The molecule has 4 nitrogen and oxygen atoms in total. The van der Waals surface area contributed by atoms with Crippen molar-refractivity contribution in [1.29, 1.82) is 0 Å². The summed E-state index contributed by atoms with van der Waals surface area (Å²) < 4.78 is 28.2. The molecule has 0 unspecified atom stereocenters. The fourth-order valence-electron chi connectivity index (χ4n) is 1.70. The first-order valence-electron chi connectivity index (χ1n) is 6.47. The molecule has 1 aromatic carbocycles. The van der Waals surface area contributed by atoms with Crippen LogP contribution in [0, 0.1) is 6.92 Å². The molecule has 0 saturated heterocycles. The molecule has 0 aliphatic heterocycles. The predicted molar refractivity (Wildman–Crippen MR) is 76.3 cm³/mol. The number of aryl methyl sites for hydroxylation is 1. The quantitative estimate of drug-likeness (QED) is 0.781. The molecule has 0 heterocycles. The van der Waals surface area contributed by atoms with Crippen molar-refractivity contribution in [3.8, 4) is 5.75 Å². The van der Waals surface area contributed by atoms with Crippen LogP contribution in [0.4, 0.5) is 0 Å². The summed E-state index contributed by atoms with van der Waals surface area (Å²) in [7, 11) is -2.92. The Morgan fingerprint density at radius 1 is 1.37 bits per heavy atom. The SMILES string of the molecule is CCS(=O)(=O)CCCOc1ccc([C@@H](C)O)cc1C. The fraction of sp³-hybridized carbons (Fsp3) is 0.571. The smallest absolute Gasteiger partial charge is 0.150 e. The van der Waals surface area contributed by atoms with Crippen LogP contribution in [-0.2, 0) is 9.84 Å². The van der Waals surface area contributed by atoms with Gasteiger partial charge < -0.3 is 9.84 Å². The van der Waals surface area contributed by atoms with E-state index in [1.807, 2.05) is 25.1 Å². The van der Waals surface area contributed by atoms with E-state index in [1.165, 1.54) is 0 Å². The minimum atomic E-state index is -2.92. The van der Waals surface area contributed by atoms with E-state index >= 15 is 0 Å². The van der Waals surface area contributed by atoms with Crippen molar-refractivity contribution < 1.29 is 18.3 Å². The minimum absolute atomic E-state index is 0.161. The summed E-state index contributed by atoms with van der Waals surface area (Å²) in [4.78, 5) is 0. The third kappa shape index (κ3) is 5.20. The van der Waals surface area contributed by atoms with Crippen molar-refractivity contribution in [2.45, 2.75) is 33.3 Å². The van der Waals surface area contributed by atoms with Gasteiger partial charge in [-0.15, -0.1) is 0 Å². The van der Waals surface area contributed by atoms with Crippen LogP contribution >= 0.6 is 0 Å². The van der Waals surface area contributed by atoms with Crippen molar-refractivity contribution in [1.82, 2.24) is 0 Å². The van der Waals surface area contributed by atoms with Crippen LogP contribution in [-0.4, -0.2) is 31.6 Å². The van der Waals surface area contributed by atoms with E-state index in [2.05, 4.69) is 0 Å². The second-order valence-electron chi connectivity index (χ2n) is 4.64. The number of aliphatic hydroxyl groups is 1. The second kappa shape index (κ2) is 6.91. The van der Waals surface area contributed by atoms with Crippen LogP contribution in [0.5, 0.6) is 5.75 Å². The molecule has 0 bridgehead atoms. The van der Waals surface area contributed by atoms with Gasteiger partial charge in [-0.25, -0.2) is 8.42 Å². The molecule has 1 N–H and O–H groups in total. The Morgan fingerprint density at radius 3 is 2.58 bits per heavy atom. The molecule has 0 aromatic heterocycles. The summed E-state index contributed by atoms with van der Waals surface area (Å²) in [6.45, 7) is 5.65. The van der Waals surface area contributed by atoms with E-state index in [0.29, 0.717) is 13.0 Å². The molecule has 0 aliphatic rings. The molecular formula is C14H22O4S. The van der Waals surface area contributed by atoms with E-state index in [-0.39, 0.29) is 11.5 Å². The zero-order chi connectivity index (χ0) is 14.5. The van der Waals surface area contributed by atoms with Gasteiger partial charge in [-0.2, -0.15) is 0 Å². The lowest BCUT2D eigenvalue weighted by Gasteiger charge is -2.12. The van der Waals surface area contributed by atoms with Crippen molar-refractivity contribution in [3.63, 3.8) is 0 Å². The van der Waals surface area contributed by atoms with Crippen LogP contribution in [0.3, 0.4) is 0 Å². The molecular weight excluding hydrogens is 264 g/mol. The first-order chi connectivity index (χ1) is 8.85. The molecule has 1 aromatic rings. The topological polar surface area (TPSA) is 63.6 Å². The van der Waals surface area contributed by atoms with E-state index in [0.717, 1.165) is 16.9 Å². The monoisotopic (exact) mass is 286 g/mol. The highest BCUT2D eigenvalue weighted by molar-refractivity contribution is 7.91. The average Bonchev–Trinajstić information content (AvgIpc) is 2.36. The lowest BCUT2D eigenvalue weighted by Crippen LogP contribution is -2.12. The summed E-state index contributed by atoms with van der Waals surface area (Å²) in [6, 6.07) is 5.50. The van der Waals surface area contributed by atoms with Crippen LogP contribution in [0.1, 0.15) is 37.5 Å². The number of sulfone groups is 1. The van der Waals surface area contributed by atoms with E-state index in [4.69, 9.17) is 4.74 Å². The molecule has 0 fully saturated rings. The fourth-order valence-corrected chi connectivity index (χ4v) is 2.55. The Morgan fingerprint density at radius 2 is 2.05 bits per heavy atom. The van der Waals surface area contributed by atoms with Crippen LogP contribution in [0.2, 0.25) is 0 Å². The van der Waals surface area contributed by atoms with Crippen LogP contribution in [0.15, 0.2) is 18.2 Å². The highest BCUT2D eigenvalue weighted by Crippen LogP contribution is 2.22. The maximum absolute atomic E-state index is 11.3. The van der Waals surface area contributed by atoms with Gasteiger partial charge in [0.25, 0.3) is 0 Å². The summed E-state index contributed by atoms with van der Waals surface area (Å²) in [5.41, 5.74) is 1.79. The van der Waals surface area contributed by atoms with Crippen molar-refractivity contribution >= 4 is 9.84 Å². The first-order valence-corrected chi connectivity index (χ1v) is 8.29. The Hall–Kier alpha value is -1.07. The van der Waals surface area contributed by atoms with Crippen LogP contribution < -0.4 is 4.74 Å². The molecule has 19 heavy (non-hydrogen) atoms. The predicted octanol–water partition coefficient (Wildman–Crippen LogP) is 2.25. The van der Waals surface area contributed by atoms with Gasteiger partial charge in [0.1, 0.15) is 15.6 Å². The Labute approximate surface area is 115 Å². The first kappa shape index (κ1) is 16.0. The third-order valence-corrected chi connectivity index (χ3v) is 4.77. The van der Waals surface area contributed by atoms with E-state index in [1.54, 1.807) is 13.8 Å². The second-order valence-corrected chi connectivity index (χ2v) is 7.11. The third-order valence-electron chi connectivity index (χ3n) is 2.98. The molecule has 5 heteroatoms. The van der Waals surface area contributed by atoms with Gasteiger partial charge in [0.2, 0.25) is 0 Å². The van der Waals surface area contributed by atoms with Gasteiger partial charge in [0.15, 0.2) is 0 Å². The maximum atomic E-state index is 11.3.